The van der Waals surface area contributed by atoms with Gasteiger partial charge in [-0.25, -0.2) is 0 Å². The minimum atomic E-state index is -0.120. The molecule has 0 bridgehead atoms. The molecule has 16 heavy (non-hydrogen) atoms. The van der Waals surface area contributed by atoms with Gasteiger partial charge in [0.1, 0.15) is 0 Å². The Hall–Kier alpha value is -1.22. The van der Waals surface area contributed by atoms with Gasteiger partial charge in [0.15, 0.2) is 17.3 Å². The van der Waals surface area contributed by atoms with E-state index in [2.05, 4.69) is 0 Å². The van der Waals surface area contributed by atoms with Crippen molar-refractivity contribution in [1.29, 1.82) is 0 Å². The summed E-state index contributed by atoms with van der Waals surface area (Å²) in [7, 11) is 0. The van der Waals surface area contributed by atoms with E-state index in [4.69, 9.17) is 21.1 Å². The van der Waals surface area contributed by atoms with Gasteiger partial charge in [-0.05, 0) is 32.0 Å². The smallest absolute Gasteiger partial charge is 0.177 e. The Morgan fingerprint density at radius 2 is 1.81 bits per heavy atom. The van der Waals surface area contributed by atoms with Crippen molar-refractivity contribution in [2.45, 2.75) is 13.8 Å². The highest BCUT2D eigenvalue weighted by Crippen LogP contribution is 2.28. The van der Waals surface area contributed by atoms with E-state index in [1.807, 2.05) is 13.8 Å². The second kappa shape index (κ2) is 6.38. The number of Topliss-reactive ketones (excluding diaryl/α,β-unsaturated/α-hetero) is 1. The molecule has 0 saturated carbocycles. The maximum Gasteiger partial charge on any atom is 0.177 e. The Balaban J connectivity index is 3.01. The van der Waals surface area contributed by atoms with E-state index in [0.717, 1.165) is 0 Å². The summed E-state index contributed by atoms with van der Waals surface area (Å²) in [5.41, 5.74) is 0.543. The largest absolute Gasteiger partial charge is 0.490 e. The summed E-state index contributed by atoms with van der Waals surface area (Å²) in [6.07, 6.45) is 0. The third-order valence-electron chi connectivity index (χ3n) is 1.99. The average Bonchev–Trinajstić information content (AvgIpc) is 2.31. The highest BCUT2D eigenvalue weighted by Gasteiger charge is 2.10. The van der Waals surface area contributed by atoms with E-state index in [-0.39, 0.29) is 11.7 Å². The van der Waals surface area contributed by atoms with Gasteiger partial charge in [-0.2, -0.15) is 0 Å². The number of halogens is 1. The van der Waals surface area contributed by atoms with Crippen LogP contribution in [0, 0.1) is 0 Å². The molecule has 0 aliphatic carbocycles. The Morgan fingerprint density at radius 1 is 1.19 bits per heavy atom. The van der Waals surface area contributed by atoms with Crippen molar-refractivity contribution in [1.82, 2.24) is 0 Å². The number of hydrogen-bond acceptors (Lipinski definition) is 3. The van der Waals surface area contributed by atoms with Crippen LogP contribution in [0.2, 0.25) is 0 Å². The molecule has 0 fully saturated rings. The molecular weight excluding hydrogens is 228 g/mol. The number of benzene rings is 1. The van der Waals surface area contributed by atoms with Crippen molar-refractivity contribution >= 4 is 17.4 Å². The predicted octanol–water partition coefficient (Wildman–Crippen LogP) is 2.91. The fourth-order valence-electron chi connectivity index (χ4n) is 1.30. The van der Waals surface area contributed by atoms with Crippen LogP contribution in [0.3, 0.4) is 0 Å². The topological polar surface area (TPSA) is 35.5 Å². The monoisotopic (exact) mass is 242 g/mol. The third kappa shape index (κ3) is 3.14. The fraction of sp³-hybridized carbons (Fsp3) is 0.417. The second-order valence-corrected chi connectivity index (χ2v) is 3.35. The van der Waals surface area contributed by atoms with Crippen LogP contribution >= 0.6 is 11.6 Å². The Morgan fingerprint density at radius 3 is 2.38 bits per heavy atom. The summed E-state index contributed by atoms with van der Waals surface area (Å²) in [6.45, 7) is 4.86. The molecule has 0 unspecified atom stereocenters. The molecular formula is C12H15ClO3. The van der Waals surface area contributed by atoms with E-state index >= 15 is 0 Å². The minimum absolute atomic E-state index is 0.0282. The van der Waals surface area contributed by atoms with Crippen molar-refractivity contribution in [3.05, 3.63) is 23.8 Å². The lowest BCUT2D eigenvalue weighted by Gasteiger charge is -2.11. The van der Waals surface area contributed by atoms with E-state index in [1.165, 1.54) is 0 Å². The molecule has 0 aliphatic heterocycles. The summed E-state index contributed by atoms with van der Waals surface area (Å²) in [5.74, 6) is 1.08. The summed E-state index contributed by atoms with van der Waals surface area (Å²) in [4.78, 5) is 11.4. The zero-order chi connectivity index (χ0) is 12.0. The highest BCUT2D eigenvalue weighted by molar-refractivity contribution is 6.30. The van der Waals surface area contributed by atoms with Gasteiger partial charge in [0.25, 0.3) is 0 Å². The lowest BCUT2D eigenvalue weighted by atomic mass is 10.1. The maximum atomic E-state index is 11.4. The molecule has 0 saturated heterocycles. The van der Waals surface area contributed by atoms with Gasteiger partial charge in [0.05, 0.1) is 19.1 Å². The predicted molar refractivity (Wildman–Crippen MR) is 63.8 cm³/mol. The van der Waals surface area contributed by atoms with Crippen LogP contribution in [0.1, 0.15) is 24.2 Å². The molecule has 1 aromatic carbocycles. The maximum absolute atomic E-state index is 11.4. The second-order valence-electron chi connectivity index (χ2n) is 3.08. The Labute approximate surface area is 100 Å². The van der Waals surface area contributed by atoms with Crippen LogP contribution in [0.4, 0.5) is 0 Å². The van der Waals surface area contributed by atoms with Gasteiger partial charge in [-0.3, -0.25) is 4.79 Å². The molecule has 0 N–H and O–H groups in total. The molecule has 0 amide bonds. The van der Waals surface area contributed by atoms with E-state index in [9.17, 15) is 4.79 Å². The number of ether oxygens (including phenoxy) is 2. The summed E-state index contributed by atoms with van der Waals surface area (Å²) < 4.78 is 10.8. The molecule has 88 valence electrons. The van der Waals surface area contributed by atoms with Crippen molar-refractivity contribution in [2.75, 3.05) is 19.1 Å². The first-order valence-electron chi connectivity index (χ1n) is 5.21. The first kappa shape index (κ1) is 12.8. The fourth-order valence-corrected chi connectivity index (χ4v) is 1.46. The standard InChI is InChI=1S/C12H15ClO3/c1-3-15-11-6-5-9(10(14)8-13)7-12(11)16-4-2/h5-7H,3-4,8H2,1-2H3. The molecule has 3 nitrogen and oxygen atoms in total. The zero-order valence-corrected chi connectivity index (χ0v) is 10.2. The lowest BCUT2D eigenvalue weighted by Crippen LogP contribution is -2.03. The summed E-state index contributed by atoms with van der Waals surface area (Å²) >= 11 is 5.50. The van der Waals surface area contributed by atoms with E-state index in [1.54, 1.807) is 18.2 Å². The van der Waals surface area contributed by atoms with Crippen LogP contribution in [-0.4, -0.2) is 24.9 Å². The quantitative estimate of drug-likeness (QED) is 0.568. The molecule has 1 aromatic rings. The number of alkyl halides is 1. The number of carbonyl (C=O) groups excluding carboxylic acids is 1. The minimum Gasteiger partial charge on any atom is -0.490 e. The van der Waals surface area contributed by atoms with E-state index < -0.39 is 0 Å². The first-order valence-corrected chi connectivity index (χ1v) is 5.75. The molecule has 0 aliphatic rings. The zero-order valence-electron chi connectivity index (χ0n) is 9.46. The lowest BCUT2D eigenvalue weighted by molar-refractivity contribution is 0.102. The molecule has 0 radical (unpaired) electrons. The van der Waals surface area contributed by atoms with Gasteiger partial charge in [0.2, 0.25) is 0 Å². The van der Waals surface area contributed by atoms with Crippen LogP contribution in [0.15, 0.2) is 18.2 Å². The number of rotatable bonds is 6. The van der Waals surface area contributed by atoms with Crippen LogP contribution in [0.5, 0.6) is 11.5 Å². The van der Waals surface area contributed by atoms with Gasteiger partial charge in [0, 0.05) is 5.56 Å². The van der Waals surface area contributed by atoms with Crippen molar-refractivity contribution < 1.29 is 14.3 Å². The van der Waals surface area contributed by atoms with Gasteiger partial charge in [-0.1, -0.05) is 0 Å². The van der Waals surface area contributed by atoms with Crippen LogP contribution in [0.25, 0.3) is 0 Å². The number of hydrogen-bond donors (Lipinski definition) is 0. The highest BCUT2D eigenvalue weighted by atomic mass is 35.5. The molecule has 0 aromatic heterocycles. The van der Waals surface area contributed by atoms with Crippen molar-refractivity contribution in [2.24, 2.45) is 0 Å². The Kier molecular flexibility index (Phi) is 5.12. The van der Waals surface area contributed by atoms with Gasteiger partial charge >= 0.3 is 0 Å². The molecule has 0 spiro atoms. The Bertz CT molecular complexity index is 363. The molecule has 4 heteroatoms. The summed E-state index contributed by atoms with van der Waals surface area (Å²) in [6, 6.07) is 5.09. The SMILES string of the molecule is CCOc1ccc(C(=O)CCl)cc1OCC. The first-order chi connectivity index (χ1) is 7.72. The average molecular weight is 243 g/mol. The van der Waals surface area contributed by atoms with Crippen LogP contribution < -0.4 is 9.47 Å². The van der Waals surface area contributed by atoms with E-state index in [0.29, 0.717) is 30.3 Å². The van der Waals surface area contributed by atoms with Crippen molar-refractivity contribution in [3.8, 4) is 11.5 Å². The van der Waals surface area contributed by atoms with Crippen LogP contribution in [-0.2, 0) is 0 Å². The third-order valence-corrected chi connectivity index (χ3v) is 2.23. The number of carbonyl (C=O) groups is 1. The molecule has 0 heterocycles. The number of ketones is 1. The van der Waals surface area contributed by atoms with Gasteiger partial charge in [-0.15, -0.1) is 11.6 Å². The molecule has 0 atom stereocenters. The molecule has 1 rings (SSSR count). The summed E-state index contributed by atoms with van der Waals surface area (Å²) in [5, 5.41) is 0. The van der Waals surface area contributed by atoms with Crippen molar-refractivity contribution in [3.63, 3.8) is 0 Å². The van der Waals surface area contributed by atoms with Gasteiger partial charge < -0.3 is 9.47 Å². The normalized spacial score (nSPS) is 9.94.